The summed E-state index contributed by atoms with van der Waals surface area (Å²) in [5.74, 6) is 1.50. The van der Waals surface area contributed by atoms with Gasteiger partial charge in [0.05, 0.1) is 27.6 Å². The SMILES string of the molecule is c1ccc(-c2ccc(-n3c4ccccc4c4ccc(-c5nc(-n6c7cc(-c8ccc9ccccc9c8)ccc7c7cc8ccccc8cc76)c6ccc(-c7ccccc7)cc6n5)cc43)cc2)cc1. The van der Waals surface area contributed by atoms with Crippen LogP contribution >= 0.6 is 0 Å². The van der Waals surface area contributed by atoms with Crippen molar-refractivity contribution < 1.29 is 0 Å². The lowest BCUT2D eigenvalue weighted by molar-refractivity contribution is 1.08. The first-order valence-electron chi connectivity index (χ1n) is 23.2. The second-order valence-electron chi connectivity index (χ2n) is 17.8. The largest absolute Gasteiger partial charge is 0.309 e. The Morgan fingerprint density at radius 2 is 0.735 bits per heavy atom. The van der Waals surface area contributed by atoms with Gasteiger partial charge in [-0.25, -0.2) is 9.97 Å². The zero-order valence-electron chi connectivity index (χ0n) is 36.9. The van der Waals surface area contributed by atoms with E-state index in [0.717, 1.165) is 66.7 Å². The molecule has 14 aromatic rings. The minimum Gasteiger partial charge on any atom is -0.309 e. The number of rotatable bonds is 6. The lowest BCUT2D eigenvalue weighted by atomic mass is 9.99. The molecular weight excluding hydrogens is 825 g/mol. The highest BCUT2D eigenvalue weighted by atomic mass is 15.1. The van der Waals surface area contributed by atoms with Gasteiger partial charge in [-0.05, 0) is 116 Å². The van der Waals surface area contributed by atoms with Crippen molar-refractivity contribution in [3.05, 3.63) is 243 Å². The Hall–Kier alpha value is -9.12. The fraction of sp³-hybridized carbons (Fsp3) is 0. The molecule has 0 bridgehead atoms. The van der Waals surface area contributed by atoms with E-state index in [2.05, 4.69) is 252 Å². The standard InChI is InChI=1S/C64H40N4/c1-3-13-41(14-4-1)44-25-30-52(31-26-44)67-59-22-12-11-21-53(59)54-33-29-51(40-60(54)67)63-65-58-37-49(42-15-5-2-6-16-42)28-34-56(58)64(66-63)68-61-39-50(48-24-23-43-17-7-8-18-45(43)35-48)27-32-55(61)57-36-46-19-9-10-20-47(46)38-62(57)68/h1-40H. The van der Waals surface area contributed by atoms with Crippen LogP contribution in [0.2, 0.25) is 0 Å². The van der Waals surface area contributed by atoms with E-state index in [4.69, 9.17) is 9.97 Å². The molecule has 316 valence electrons. The zero-order valence-corrected chi connectivity index (χ0v) is 36.9. The molecular formula is C64H40N4. The molecule has 0 atom stereocenters. The van der Waals surface area contributed by atoms with Gasteiger partial charge in [-0.15, -0.1) is 0 Å². The van der Waals surface area contributed by atoms with Crippen LogP contribution in [0.1, 0.15) is 0 Å². The lowest BCUT2D eigenvalue weighted by Gasteiger charge is -2.15. The van der Waals surface area contributed by atoms with Crippen molar-refractivity contribution in [3.63, 3.8) is 0 Å². The number of fused-ring (bicyclic) bond motifs is 9. The summed E-state index contributed by atoms with van der Waals surface area (Å²) >= 11 is 0. The van der Waals surface area contributed by atoms with E-state index in [0.29, 0.717) is 5.82 Å². The Kier molecular flexibility index (Phi) is 8.55. The average molecular weight is 865 g/mol. The smallest absolute Gasteiger partial charge is 0.162 e. The molecule has 3 aromatic heterocycles. The Balaban J connectivity index is 1.03. The maximum absolute atomic E-state index is 5.69. The van der Waals surface area contributed by atoms with Crippen molar-refractivity contribution in [2.45, 2.75) is 0 Å². The van der Waals surface area contributed by atoms with Crippen LogP contribution in [-0.4, -0.2) is 19.1 Å². The highest BCUT2D eigenvalue weighted by Crippen LogP contribution is 2.41. The summed E-state index contributed by atoms with van der Waals surface area (Å²) in [5, 5.41) is 10.6. The molecule has 4 heteroatoms. The molecule has 0 amide bonds. The molecule has 4 nitrogen and oxygen atoms in total. The van der Waals surface area contributed by atoms with Crippen LogP contribution in [0.4, 0.5) is 0 Å². The highest BCUT2D eigenvalue weighted by Gasteiger charge is 2.21. The maximum Gasteiger partial charge on any atom is 0.162 e. The first kappa shape index (κ1) is 38.2. The van der Waals surface area contributed by atoms with Crippen LogP contribution in [0.5, 0.6) is 0 Å². The molecule has 0 aliphatic rings. The molecule has 0 spiro atoms. The maximum atomic E-state index is 5.69. The van der Waals surface area contributed by atoms with Crippen LogP contribution in [0.15, 0.2) is 243 Å². The first-order valence-corrected chi connectivity index (χ1v) is 23.2. The van der Waals surface area contributed by atoms with E-state index >= 15 is 0 Å². The Morgan fingerprint density at radius 3 is 1.50 bits per heavy atom. The monoisotopic (exact) mass is 864 g/mol. The fourth-order valence-electron chi connectivity index (χ4n) is 10.5. The third kappa shape index (κ3) is 6.15. The second kappa shape index (κ2) is 15.2. The van der Waals surface area contributed by atoms with Gasteiger partial charge in [0.1, 0.15) is 5.82 Å². The van der Waals surface area contributed by atoms with Crippen molar-refractivity contribution in [1.82, 2.24) is 19.1 Å². The summed E-state index contributed by atoms with van der Waals surface area (Å²) in [6.45, 7) is 0. The normalized spacial score (nSPS) is 11.8. The van der Waals surface area contributed by atoms with Crippen molar-refractivity contribution >= 4 is 76.1 Å². The summed E-state index contributed by atoms with van der Waals surface area (Å²) in [4.78, 5) is 11.2. The third-order valence-corrected chi connectivity index (χ3v) is 13.9. The molecule has 68 heavy (non-hydrogen) atoms. The molecule has 0 N–H and O–H groups in total. The van der Waals surface area contributed by atoms with E-state index < -0.39 is 0 Å². The quantitative estimate of drug-likeness (QED) is 0.167. The number of benzene rings is 11. The number of hydrogen-bond donors (Lipinski definition) is 0. The lowest BCUT2D eigenvalue weighted by Crippen LogP contribution is -2.03. The van der Waals surface area contributed by atoms with Crippen LogP contribution in [0, 0.1) is 0 Å². The molecule has 3 heterocycles. The molecule has 0 aliphatic carbocycles. The molecule has 0 radical (unpaired) electrons. The fourth-order valence-corrected chi connectivity index (χ4v) is 10.5. The first-order chi connectivity index (χ1) is 33.7. The van der Waals surface area contributed by atoms with Crippen molar-refractivity contribution in [2.75, 3.05) is 0 Å². The number of hydrogen-bond acceptors (Lipinski definition) is 2. The molecule has 0 fully saturated rings. The minimum absolute atomic E-state index is 0.664. The highest BCUT2D eigenvalue weighted by molar-refractivity contribution is 6.15. The third-order valence-electron chi connectivity index (χ3n) is 13.9. The van der Waals surface area contributed by atoms with Gasteiger partial charge in [-0.2, -0.15) is 0 Å². The van der Waals surface area contributed by atoms with E-state index in [1.807, 2.05) is 0 Å². The van der Waals surface area contributed by atoms with Crippen LogP contribution in [0.25, 0.3) is 132 Å². The van der Waals surface area contributed by atoms with Crippen LogP contribution < -0.4 is 0 Å². The van der Waals surface area contributed by atoms with Crippen LogP contribution in [-0.2, 0) is 0 Å². The van der Waals surface area contributed by atoms with E-state index in [9.17, 15) is 0 Å². The molecule has 14 rings (SSSR count). The van der Waals surface area contributed by atoms with E-state index in [1.54, 1.807) is 0 Å². The van der Waals surface area contributed by atoms with Gasteiger partial charge in [0.15, 0.2) is 5.82 Å². The summed E-state index contributed by atoms with van der Waals surface area (Å²) in [6.07, 6.45) is 0. The summed E-state index contributed by atoms with van der Waals surface area (Å²) in [5.41, 5.74) is 14.3. The Morgan fingerprint density at radius 1 is 0.250 bits per heavy atom. The molecule has 0 unspecified atom stereocenters. The topological polar surface area (TPSA) is 35.6 Å². The van der Waals surface area contributed by atoms with E-state index in [1.165, 1.54) is 59.8 Å². The van der Waals surface area contributed by atoms with Gasteiger partial charge in [-0.1, -0.05) is 182 Å². The summed E-state index contributed by atoms with van der Waals surface area (Å²) in [7, 11) is 0. The molecule has 0 saturated heterocycles. The number of para-hydroxylation sites is 1. The van der Waals surface area contributed by atoms with Gasteiger partial charge in [0.2, 0.25) is 0 Å². The second-order valence-corrected chi connectivity index (χ2v) is 17.8. The van der Waals surface area contributed by atoms with Crippen molar-refractivity contribution in [1.29, 1.82) is 0 Å². The molecule has 0 aliphatic heterocycles. The Labute approximate surface area is 392 Å². The predicted octanol–water partition coefficient (Wildman–Crippen LogP) is 16.8. The molecule has 11 aromatic carbocycles. The Bertz CT molecular complexity index is 4300. The number of nitrogens with zero attached hydrogens (tertiary/aromatic N) is 4. The van der Waals surface area contributed by atoms with Gasteiger partial charge in [0.25, 0.3) is 0 Å². The van der Waals surface area contributed by atoms with Gasteiger partial charge < -0.3 is 4.57 Å². The van der Waals surface area contributed by atoms with E-state index in [-0.39, 0.29) is 0 Å². The minimum atomic E-state index is 0.664. The average Bonchev–Trinajstić information content (AvgIpc) is 3.91. The number of aromatic nitrogens is 4. The summed E-state index contributed by atoms with van der Waals surface area (Å²) < 4.78 is 4.77. The van der Waals surface area contributed by atoms with Crippen LogP contribution in [0.3, 0.4) is 0 Å². The van der Waals surface area contributed by atoms with Gasteiger partial charge in [-0.3, -0.25) is 4.57 Å². The van der Waals surface area contributed by atoms with Crippen molar-refractivity contribution in [2.24, 2.45) is 0 Å². The van der Waals surface area contributed by atoms with Gasteiger partial charge in [0, 0.05) is 38.2 Å². The molecule has 0 saturated carbocycles. The summed E-state index contributed by atoms with van der Waals surface area (Å²) in [6, 6.07) is 87.7. The zero-order chi connectivity index (χ0) is 44.7. The van der Waals surface area contributed by atoms with Gasteiger partial charge >= 0.3 is 0 Å². The predicted molar refractivity (Wildman–Crippen MR) is 285 cm³/mol. The van der Waals surface area contributed by atoms with Crippen molar-refractivity contribution in [3.8, 4) is 56.3 Å².